The second-order valence-corrected chi connectivity index (χ2v) is 6.97. The largest absolute Gasteiger partial charge is 0.479 e. The highest BCUT2D eigenvalue weighted by Crippen LogP contribution is 2.40. The van der Waals surface area contributed by atoms with E-state index < -0.39 is 12.1 Å². The highest BCUT2D eigenvalue weighted by Gasteiger charge is 2.32. The number of hydrogen-bond donors (Lipinski definition) is 2. The number of carbonyl (C=O) groups is 1. The maximum atomic E-state index is 11.0. The molecule has 1 fully saturated rings. The summed E-state index contributed by atoms with van der Waals surface area (Å²) in [6.45, 7) is 2.25. The molecule has 2 N–H and O–H groups in total. The second kappa shape index (κ2) is 11.9. The molecule has 0 aromatic heterocycles. The van der Waals surface area contributed by atoms with E-state index in [4.69, 9.17) is 5.11 Å². The van der Waals surface area contributed by atoms with Gasteiger partial charge in [-0.3, -0.25) is 0 Å². The monoisotopic (exact) mass is 311 g/mol. The maximum Gasteiger partial charge on any atom is 0.332 e. The molecule has 1 radical (unpaired) electrons. The van der Waals surface area contributed by atoms with Gasteiger partial charge in [0.1, 0.15) is 0 Å². The molecule has 0 aromatic rings. The Bertz CT molecular complexity index is 286. The molecule has 2 atom stereocenters. The minimum absolute atomic E-state index is 0.0657. The van der Waals surface area contributed by atoms with E-state index in [9.17, 15) is 9.90 Å². The average Bonchev–Trinajstić information content (AvgIpc) is 3.31. The first-order valence-electron chi connectivity index (χ1n) is 9.39. The summed E-state index contributed by atoms with van der Waals surface area (Å²) in [5.41, 5.74) is 0. The first-order chi connectivity index (χ1) is 10.6. The molecule has 0 saturated heterocycles. The Balaban J connectivity index is 1.99. The molecule has 0 aromatic carbocycles. The molecule has 0 aliphatic heterocycles. The molecule has 3 heteroatoms. The molecule has 1 saturated carbocycles. The lowest BCUT2D eigenvalue weighted by molar-refractivity contribution is -0.149. The standard InChI is InChI=1S/C19H35O3/c1-2-3-4-5-6-7-8-9-10-11-12-17(15-16-13-14-16)18(20)19(21)22/h17-18,20H,2-15H2,1H3,(H,21,22). The first-order valence-corrected chi connectivity index (χ1v) is 9.39. The minimum atomic E-state index is -1.17. The van der Waals surface area contributed by atoms with Crippen molar-refractivity contribution < 1.29 is 15.0 Å². The predicted molar refractivity (Wildman–Crippen MR) is 90.7 cm³/mol. The number of hydrogen-bond acceptors (Lipinski definition) is 2. The van der Waals surface area contributed by atoms with Gasteiger partial charge in [-0.2, -0.15) is 0 Å². The van der Waals surface area contributed by atoms with Crippen LogP contribution >= 0.6 is 0 Å². The lowest BCUT2D eigenvalue weighted by atomic mass is 9.90. The van der Waals surface area contributed by atoms with Crippen LogP contribution in [0.15, 0.2) is 0 Å². The summed E-state index contributed by atoms with van der Waals surface area (Å²) in [6.07, 6.45) is 15.7. The number of aliphatic hydroxyl groups excluding tert-OH is 1. The zero-order valence-corrected chi connectivity index (χ0v) is 14.4. The molecule has 0 amide bonds. The molecule has 2 unspecified atom stereocenters. The van der Waals surface area contributed by atoms with Crippen LogP contribution in [0.1, 0.15) is 96.8 Å². The SMILES string of the molecule is CCCCCCCCCCCCC(C[C]1CC1)C(O)C(=O)O. The Hall–Kier alpha value is -0.570. The first kappa shape index (κ1) is 19.5. The van der Waals surface area contributed by atoms with E-state index in [1.165, 1.54) is 63.7 Å². The minimum Gasteiger partial charge on any atom is -0.479 e. The molecular formula is C19H35O3. The van der Waals surface area contributed by atoms with Crippen LogP contribution in [0, 0.1) is 11.8 Å². The van der Waals surface area contributed by atoms with E-state index in [-0.39, 0.29) is 5.92 Å². The maximum absolute atomic E-state index is 11.0. The summed E-state index contributed by atoms with van der Waals surface area (Å²) in [7, 11) is 0. The summed E-state index contributed by atoms with van der Waals surface area (Å²) in [4.78, 5) is 11.0. The molecule has 3 nitrogen and oxygen atoms in total. The predicted octanol–water partition coefficient (Wildman–Crippen LogP) is 5.12. The fraction of sp³-hybridized carbons (Fsp3) is 0.895. The van der Waals surface area contributed by atoms with Crippen molar-refractivity contribution in [2.24, 2.45) is 5.92 Å². The number of aliphatic carboxylic acids is 1. The third-order valence-corrected chi connectivity index (χ3v) is 4.78. The smallest absolute Gasteiger partial charge is 0.332 e. The molecule has 129 valence electrons. The van der Waals surface area contributed by atoms with Gasteiger partial charge in [0, 0.05) is 0 Å². The van der Waals surface area contributed by atoms with Gasteiger partial charge in [0.05, 0.1) is 0 Å². The van der Waals surface area contributed by atoms with Crippen molar-refractivity contribution in [2.75, 3.05) is 0 Å². The van der Waals surface area contributed by atoms with E-state index in [0.717, 1.165) is 32.1 Å². The van der Waals surface area contributed by atoms with Crippen molar-refractivity contribution in [3.63, 3.8) is 0 Å². The van der Waals surface area contributed by atoms with Gasteiger partial charge in [0.15, 0.2) is 6.10 Å². The van der Waals surface area contributed by atoms with Gasteiger partial charge in [-0.25, -0.2) is 4.79 Å². The molecule has 1 aliphatic rings. The third-order valence-electron chi connectivity index (χ3n) is 4.78. The van der Waals surface area contributed by atoms with Crippen molar-refractivity contribution in [3.8, 4) is 0 Å². The van der Waals surface area contributed by atoms with E-state index in [0.29, 0.717) is 0 Å². The Morgan fingerprint density at radius 3 is 1.91 bits per heavy atom. The van der Waals surface area contributed by atoms with Crippen molar-refractivity contribution in [3.05, 3.63) is 5.92 Å². The highest BCUT2D eigenvalue weighted by molar-refractivity contribution is 5.72. The summed E-state index contributed by atoms with van der Waals surface area (Å²) in [6, 6.07) is 0. The van der Waals surface area contributed by atoms with E-state index in [1.54, 1.807) is 0 Å². The van der Waals surface area contributed by atoms with Crippen LogP contribution in [0.5, 0.6) is 0 Å². The summed E-state index contributed by atoms with van der Waals surface area (Å²) < 4.78 is 0. The molecular weight excluding hydrogens is 276 g/mol. The number of unbranched alkanes of at least 4 members (excludes halogenated alkanes) is 9. The van der Waals surface area contributed by atoms with Crippen molar-refractivity contribution in [1.82, 2.24) is 0 Å². The van der Waals surface area contributed by atoms with Crippen LogP contribution < -0.4 is 0 Å². The topological polar surface area (TPSA) is 57.5 Å². The van der Waals surface area contributed by atoms with Gasteiger partial charge in [0.25, 0.3) is 0 Å². The Morgan fingerprint density at radius 1 is 0.955 bits per heavy atom. The zero-order valence-electron chi connectivity index (χ0n) is 14.4. The van der Waals surface area contributed by atoms with Crippen LogP contribution in [0.4, 0.5) is 0 Å². The molecule has 22 heavy (non-hydrogen) atoms. The van der Waals surface area contributed by atoms with Crippen LogP contribution in [0.3, 0.4) is 0 Å². The van der Waals surface area contributed by atoms with Gasteiger partial charge in [0.2, 0.25) is 0 Å². The van der Waals surface area contributed by atoms with E-state index in [1.807, 2.05) is 0 Å². The normalized spacial score (nSPS) is 17.4. The number of carboxylic acids is 1. The lowest BCUT2D eigenvalue weighted by Gasteiger charge is -2.19. The number of carboxylic acid groups (broad SMARTS) is 1. The van der Waals surface area contributed by atoms with Gasteiger partial charge < -0.3 is 10.2 Å². The zero-order chi connectivity index (χ0) is 16.2. The molecule has 1 aliphatic carbocycles. The average molecular weight is 311 g/mol. The van der Waals surface area contributed by atoms with Crippen LogP contribution in [-0.4, -0.2) is 22.3 Å². The molecule has 0 bridgehead atoms. The van der Waals surface area contributed by atoms with E-state index >= 15 is 0 Å². The third kappa shape index (κ3) is 9.45. The van der Waals surface area contributed by atoms with Gasteiger partial charge >= 0.3 is 5.97 Å². The summed E-state index contributed by atoms with van der Waals surface area (Å²) in [5.74, 6) is 0.319. The van der Waals surface area contributed by atoms with Crippen LogP contribution in [-0.2, 0) is 4.79 Å². The van der Waals surface area contributed by atoms with Crippen LogP contribution in [0.25, 0.3) is 0 Å². The van der Waals surface area contributed by atoms with E-state index in [2.05, 4.69) is 6.92 Å². The van der Waals surface area contributed by atoms with Gasteiger partial charge in [-0.05, 0) is 37.5 Å². The fourth-order valence-electron chi connectivity index (χ4n) is 3.13. The summed E-state index contributed by atoms with van der Waals surface area (Å²) >= 11 is 0. The van der Waals surface area contributed by atoms with Crippen molar-refractivity contribution in [2.45, 2.75) is 103 Å². The van der Waals surface area contributed by atoms with Crippen LogP contribution in [0.2, 0.25) is 0 Å². The van der Waals surface area contributed by atoms with Gasteiger partial charge in [-0.1, -0.05) is 71.1 Å². The fourth-order valence-corrected chi connectivity index (χ4v) is 3.13. The Morgan fingerprint density at radius 2 is 1.45 bits per heavy atom. The van der Waals surface area contributed by atoms with Gasteiger partial charge in [-0.15, -0.1) is 0 Å². The Kier molecular flexibility index (Phi) is 10.6. The highest BCUT2D eigenvalue weighted by atomic mass is 16.4. The number of aliphatic hydroxyl groups is 1. The molecule has 1 rings (SSSR count). The molecule has 0 spiro atoms. The lowest BCUT2D eigenvalue weighted by Crippen LogP contribution is -2.29. The number of rotatable bonds is 15. The summed E-state index contributed by atoms with van der Waals surface area (Å²) in [5, 5.41) is 18.8. The molecule has 0 heterocycles. The van der Waals surface area contributed by atoms with Crippen molar-refractivity contribution >= 4 is 5.97 Å². The second-order valence-electron chi connectivity index (χ2n) is 6.97. The quantitative estimate of drug-likeness (QED) is 0.413. The Labute approximate surface area is 136 Å². The van der Waals surface area contributed by atoms with Crippen molar-refractivity contribution in [1.29, 1.82) is 0 Å².